The van der Waals surface area contributed by atoms with Gasteiger partial charge in [0.15, 0.2) is 11.3 Å². The second-order valence-corrected chi connectivity index (χ2v) is 3.69. The molecule has 1 aliphatic heterocycles. The van der Waals surface area contributed by atoms with Gasteiger partial charge in [-0.25, -0.2) is 4.79 Å². The van der Waals surface area contributed by atoms with Gasteiger partial charge in [-0.05, 0) is 12.1 Å². The molecule has 0 saturated carbocycles. The number of hydrogen-bond acceptors (Lipinski definition) is 5. The molecule has 17 heavy (non-hydrogen) atoms. The Morgan fingerprint density at radius 2 is 2.18 bits per heavy atom. The van der Waals surface area contributed by atoms with Gasteiger partial charge in [0.2, 0.25) is 5.88 Å². The van der Waals surface area contributed by atoms with E-state index in [-0.39, 0.29) is 16.4 Å². The Morgan fingerprint density at radius 1 is 1.47 bits per heavy atom. The number of carbonyl (C=O) groups excluding carboxylic acids is 1. The van der Waals surface area contributed by atoms with Crippen molar-refractivity contribution in [2.24, 2.45) is 5.73 Å². The summed E-state index contributed by atoms with van der Waals surface area (Å²) in [4.78, 5) is 11.7. The number of rotatable bonds is 1. The van der Waals surface area contributed by atoms with Crippen molar-refractivity contribution >= 4 is 28.9 Å². The Hall–Kier alpha value is -2.08. The fourth-order valence-corrected chi connectivity index (χ4v) is 1.71. The van der Waals surface area contributed by atoms with E-state index in [0.29, 0.717) is 11.4 Å². The van der Waals surface area contributed by atoms with E-state index in [1.165, 1.54) is 7.11 Å². The van der Waals surface area contributed by atoms with Crippen molar-refractivity contribution in [1.82, 2.24) is 0 Å². The van der Waals surface area contributed by atoms with Crippen molar-refractivity contribution in [3.8, 4) is 5.75 Å². The molecule has 88 valence electrons. The highest BCUT2D eigenvalue weighted by Gasteiger charge is 2.25. The molecular formula is C11H10N2O3S. The van der Waals surface area contributed by atoms with Gasteiger partial charge in [-0.3, -0.25) is 0 Å². The number of benzene rings is 1. The Morgan fingerprint density at radius 3 is 2.88 bits per heavy atom. The average molecular weight is 250 g/mol. The van der Waals surface area contributed by atoms with Crippen LogP contribution in [0.2, 0.25) is 0 Å². The standard InChI is InChI=1S/C11H10N2O3S/c1-15-11(14)8-9(12)16-7-5-3-2-4-6(7)13-10(8)17/h2-5H,12H2,1H3,(H,13,17). The zero-order chi connectivity index (χ0) is 12.4. The van der Waals surface area contributed by atoms with E-state index in [0.717, 1.165) is 0 Å². The number of esters is 1. The fraction of sp³-hybridized carbons (Fsp3) is 0.0909. The van der Waals surface area contributed by atoms with Crippen LogP contribution in [0.5, 0.6) is 5.75 Å². The number of para-hydroxylation sites is 2. The molecule has 0 atom stereocenters. The number of anilines is 1. The lowest BCUT2D eigenvalue weighted by atomic mass is 10.2. The highest BCUT2D eigenvalue weighted by Crippen LogP contribution is 2.29. The lowest BCUT2D eigenvalue weighted by Gasteiger charge is -2.06. The molecule has 3 N–H and O–H groups in total. The van der Waals surface area contributed by atoms with E-state index < -0.39 is 5.97 Å². The second-order valence-electron chi connectivity index (χ2n) is 3.28. The normalized spacial score (nSPS) is 14.3. The van der Waals surface area contributed by atoms with Crippen LogP contribution in [-0.2, 0) is 9.53 Å². The largest absolute Gasteiger partial charge is 0.465 e. The average Bonchev–Trinajstić information content (AvgIpc) is 2.43. The summed E-state index contributed by atoms with van der Waals surface area (Å²) in [6.07, 6.45) is 0. The molecule has 0 aliphatic carbocycles. The van der Waals surface area contributed by atoms with Crippen molar-refractivity contribution < 1.29 is 14.3 Å². The van der Waals surface area contributed by atoms with E-state index in [9.17, 15) is 4.79 Å². The summed E-state index contributed by atoms with van der Waals surface area (Å²) in [5, 5.41) is 2.89. The first-order chi connectivity index (χ1) is 8.13. The van der Waals surface area contributed by atoms with Crippen molar-refractivity contribution in [3.05, 3.63) is 35.7 Å². The van der Waals surface area contributed by atoms with Crippen LogP contribution in [0.15, 0.2) is 35.7 Å². The number of thiocarbonyl (C=S) groups is 1. The molecule has 0 radical (unpaired) electrons. The Balaban J connectivity index is 2.47. The Kier molecular flexibility index (Phi) is 2.97. The van der Waals surface area contributed by atoms with E-state index in [4.69, 9.17) is 22.7 Å². The summed E-state index contributed by atoms with van der Waals surface area (Å²) in [6, 6.07) is 7.10. The van der Waals surface area contributed by atoms with Crippen LogP contribution in [0.25, 0.3) is 0 Å². The molecule has 6 heteroatoms. The molecule has 0 fully saturated rings. The molecule has 0 spiro atoms. The monoisotopic (exact) mass is 250 g/mol. The number of nitrogens with one attached hydrogen (secondary N) is 1. The van der Waals surface area contributed by atoms with Gasteiger partial charge in [-0.15, -0.1) is 0 Å². The van der Waals surface area contributed by atoms with Crippen LogP contribution in [-0.4, -0.2) is 18.1 Å². The summed E-state index contributed by atoms with van der Waals surface area (Å²) >= 11 is 5.08. The molecule has 1 aliphatic rings. The van der Waals surface area contributed by atoms with Crippen LogP contribution in [0.3, 0.4) is 0 Å². The number of nitrogens with two attached hydrogens (primary N) is 1. The molecule has 5 nitrogen and oxygen atoms in total. The van der Waals surface area contributed by atoms with E-state index in [1.54, 1.807) is 18.2 Å². The minimum atomic E-state index is -0.632. The van der Waals surface area contributed by atoms with Crippen LogP contribution >= 0.6 is 12.2 Å². The van der Waals surface area contributed by atoms with Gasteiger partial charge in [0.1, 0.15) is 4.99 Å². The van der Waals surface area contributed by atoms with Crippen molar-refractivity contribution in [2.45, 2.75) is 0 Å². The number of hydrogen-bond donors (Lipinski definition) is 2. The van der Waals surface area contributed by atoms with E-state index >= 15 is 0 Å². The third kappa shape index (κ3) is 2.07. The summed E-state index contributed by atoms with van der Waals surface area (Å²) in [5.74, 6) is -0.196. The molecule has 0 saturated heterocycles. The highest BCUT2D eigenvalue weighted by molar-refractivity contribution is 7.81. The molecule has 0 bridgehead atoms. The zero-order valence-corrected chi connectivity index (χ0v) is 9.84. The van der Waals surface area contributed by atoms with Crippen molar-refractivity contribution in [2.75, 3.05) is 12.4 Å². The maximum absolute atomic E-state index is 11.5. The zero-order valence-electron chi connectivity index (χ0n) is 9.02. The quantitative estimate of drug-likeness (QED) is 0.575. The molecule has 1 heterocycles. The van der Waals surface area contributed by atoms with Crippen molar-refractivity contribution in [3.63, 3.8) is 0 Å². The fourth-order valence-electron chi connectivity index (χ4n) is 1.42. The molecule has 0 amide bonds. The summed E-state index contributed by atoms with van der Waals surface area (Å²) in [5.41, 5.74) is 6.37. The lowest BCUT2D eigenvalue weighted by Crippen LogP contribution is -2.23. The minimum absolute atomic E-state index is 0.0266. The first-order valence-corrected chi connectivity index (χ1v) is 5.20. The maximum atomic E-state index is 11.5. The third-order valence-corrected chi connectivity index (χ3v) is 2.52. The number of methoxy groups -OCH3 is 1. The van der Waals surface area contributed by atoms with Gasteiger partial charge in [0, 0.05) is 0 Å². The van der Waals surface area contributed by atoms with Gasteiger partial charge < -0.3 is 20.5 Å². The molecular weight excluding hydrogens is 240 g/mol. The topological polar surface area (TPSA) is 73.6 Å². The predicted octanol–water partition coefficient (Wildman–Crippen LogP) is 1.16. The summed E-state index contributed by atoms with van der Waals surface area (Å²) in [6.45, 7) is 0. The summed E-state index contributed by atoms with van der Waals surface area (Å²) < 4.78 is 9.97. The second kappa shape index (κ2) is 4.42. The molecule has 1 aromatic rings. The molecule has 0 aromatic heterocycles. The third-order valence-electron chi connectivity index (χ3n) is 2.22. The number of fused-ring (bicyclic) bond motifs is 1. The van der Waals surface area contributed by atoms with Gasteiger partial charge in [-0.2, -0.15) is 0 Å². The van der Waals surface area contributed by atoms with Gasteiger partial charge >= 0.3 is 5.97 Å². The molecule has 0 unspecified atom stereocenters. The van der Waals surface area contributed by atoms with Crippen LogP contribution in [0.4, 0.5) is 5.69 Å². The molecule has 1 aromatic carbocycles. The maximum Gasteiger partial charge on any atom is 0.346 e. The van der Waals surface area contributed by atoms with Crippen LogP contribution in [0.1, 0.15) is 0 Å². The number of carbonyl (C=O) groups is 1. The van der Waals surface area contributed by atoms with Crippen LogP contribution in [0, 0.1) is 0 Å². The van der Waals surface area contributed by atoms with Crippen LogP contribution < -0.4 is 15.8 Å². The van der Waals surface area contributed by atoms with E-state index in [2.05, 4.69) is 10.1 Å². The SMILES string of the molecule is COC(=O)C1=C(N)Oc2ccccc2NC1=S. The lowest BCUT2D eigenvalue weighted by molar-refractivity contribution is -0.135. The number of ether oxygens (including phenoxy) is 2. The van der Waals surface area contributed by atoms with Gasteiger partial charge in [0.05, 0.1) is 12.8 Å². The smallest absolute Gasteiger partial charge is 0.346 e. The summed E-state index contributed by atoms with van der Waals surface area (Å²) in [7, 11) is 1.25. The Labute approximate surface area is 103 Å². The first kappa shape index (κ1) is 11.4. The predicted molar refractivity (Wildman–Crippen MR) is 66.5 cm³/mol. The van der Waals surface area contributed by atoms with Crippen molar-refractivity contribution in [1.29, 1.82) is 0 Å². The minimum Gasteiger partial charge on any atom is -0.465 e. The van der Waals surface area contributed by atoms with Gasteiger partial charge in [0.25, 0.3) is 0 Å². The molecule has 2 rings (SSSR count). The highest BCUT2D eigenvalue weighted by atomic mass is 32.1. The Bertz CT molecular complexity index is 525. The first-order valence-electron chi connectivity index (χ1n) is 4.79. The van der Waals surface area contributed by atoms with Gasteiger partial charge in [-0.1, -0.05) is 24.4 Å². The van der Waals surface area contributed by atoms with E-state index in [1.807, 2.05) is 6.07 Å².